The molecule has 0 radical (unpaired) electrons. The van der Waals surface area contributed by atoms with Crippen LogP contribution in [0, 0.1) is 5.92 Å². The summed E-state index contributed by atoms with van der Waals surface area (Å²) in [7, 11) is -3.28. The third-order valence-electron chi connectivity index (χ3n) is 3.10. The monoisotopic (exact) mass is 347 g/mol. The number of aliphatic imine (C=N–C) groups is 1. The molecule has 1 rings (SSSR count). The molecule has 1 amide bonds. The third kappa shape index (κ3) is 9.39. The SMILES string of the molecule is CCNC(=NCC(C)(C)NS(C)(=O)=O)NCCNC(=O)C1CC1. The largest absolute Gasteiger partial charge is 0.357 e. The molecule has 1 fully saturated rings. The molecule has 0 unspecified atom stereocenters. The molecule has 0 saturated heterocycles. The quantitative estimate of drug-likeness (QED) is 0.253. The predicted octanol–water partition coefficient (Wildman–Crippen LogP) is -0.604. The second kappa shape index (κ2) is 8.49. The molecule has 8 nitrogen and oxygen atoms in total. The van der Waals surface area contributed by atoms with Crippen molar-refractivity contribution in [2.24, 2.45) is 10.9 Å². The van der Waals surface area contributed by atoms with Crippen LogP contribution in [0.3, 0.4) is 0 Å². The van der Waals surface area contributed by atoms with Crippen LogP contribution in [0.4, 0.5) is 0 Å². The van der Waals surface area contributed by atoms with E-state index in [2.05, 4.69) is 25.7 Å². The van der Waals surface area contributed by atoms with Crippen molar-refractivity contribution >= 4 is 21.9 Å². The van der Waals surface area contributed by atoms with Crippen molar-refractivity contribution in [3.05, 3.63) is 0 Å². The fourth-order valence-electron chi connectivity index (χ4n) is 2.01. The smallest absolute Gasteiger partial charge is 0.223 e. The number of nitrogens with one attached hydrogen (secondary N) is 4. The van der Waals surface area contributed by atoms with Crippen LogP contribution >= 0.6 is 0 Å². The van der Waals surface area contributed by atoms with Crippen LogP contribution in [0.5, 0.6) is 0 Å². The van der Waals surface area contributed by atoms with Crippen molar-refractivity contribution in [2.45, 2.75) is 39.2 Å². The van der Waals surface area contributed by atoms with E-state index in [4.69, 9.17) is 0 Å². The zero-order chi connectivity index (χ0) is 17.5. The van der Waals surface area contributed by atoms with Crippen LogP contribution in [0.2, 0.25) is 0 Å². The van der Waals surface area contributed by atoms with Gasteiger partial charge in [-0.1, -0.05) is 0 Å². The fraction of sp³-hybridized carbons (Fsp3) is 0.857. The molecule has 0 aromatic rings. The summed E-state index contributed by atoms with van der Waals surface area (Å²) in [5, 5.41) is 9.08. The van der Waals surface area contributed by atoms with Gasteiger partial charge in [0.15, 0.2) is 5.96 Å². The van der Waals surface area contributed by atoms with Crippen molar-refractivity contribution in [1.82, 2.24) is 20.7 Å². The number of nitrogens with zero attached hydrogens (tertiary/aromatic N) is 1. The van der Waals surface area contributed by atoms with Gasteiger partial charge < -0.3 is 16.0 Å². The van der Waals surface area contributed by atoms with Crippen LogP contribution in [0.25, 0.3) is 0 Å². The summed E-state index contributed by atoms with van der Waals surface area (Å²) in [6.45, 7) is 7.58. The van der Waals surface area contributed by atoms with Gasteiger partial charge in [-0.15, -0.1) is 0 Å². The van der Waals surface area contributed by atoms with Crippen LogP contribution in [-0.2, 0) is 14.8 Å². The summed E-state index contributed by atoms with van der Waals surface area (Å²) in [6, 6.07) is 0. The molecule has 0 bridgehead atoms. The summed E-state index contributed by atoms with van der Waals surface area (Å²) in [4.78, 5) is 15.9. The van der Waals surface area contributed by atoms with Gasteiger partial charge in [0.2, 0.25) is 15.9 Å². The summed E-state index contributed by atoms with van der Waals surface area (Å²) in [6.07, 6.45) is 3.11. The molecule has 0 aromatic carbocycles. The molecule has 0 aliphatic heterocycles. The minimum absolute atomic E-state index is 0.118. The van der Waals surface area contributed by atoms with E-state index in [1.54, 1.807) is 13.8 Å². The van der Waals surface area contributed by atoms with Gasteiger partial charge in [0, 0.05) is 31.1 Å². The van der Waals surface area contributed by atoms with E-state index >= 15 is 0 Å². The molecule has 1 saturated carbocycles. The number of carbonyl (C=O) groups excluding carboxylic acids is 1. The van der Waals surface area contributed by atoms with Crippen LogP contribution in [0.1, 0.15) is 33.6 Å². The van der Waals surface area contributed by atoms with Crippen molar-refractivity contribution in [1.29, 1.82) is 0 Å². The lowest BCUT2D eigenvalue weighted by Gasteiger charge is -2.23. The van der Waals surface area contributed by atoms with E-state index in [9.17, 15) is 13.2 Å². The number of carbonyl (C=O) groups is 1. The van der Waals surface area contributed by atoms with E-state index < -0.39 is 15.6 Å². The molecule has 0 spiro atoms. The highest BCUT2D eigenvalue weighted by atomic mass is 32.2. The van der Waals surface area contributed by atoms with Gasteiger partial charge in [0.1, 0.15) is 0 Å². The Kier molecular flexibility index (Phi) is 7.27. The number of guanidine groups is 1. The van der Waals surface area contributed by atoms with E-state index in [0.29, 0.717) is 32.1 Å². The maximum atomic E-state index is 11.5. The fourth-order valence-corrected chi connectivity index (χ4v) is 3.08. The van der Waals surface area contributed by atoms with Gasteiger partial charge in [0.05, 0.1) is 12.8 Å². The second-order valence-electron chi connectivity index (χ2n) is 6.45. The average molecular weight is 347 g/mol. The lowest BCUT2D eigenvalue weighted by molar-refractivity contribution is -0.122. The summed E-state index contributed by atoms with van der Waals surface area (Å²) >= 11 is 0. The van der Waals surface area contributed by atoms with Gasteiger partial charge in [-0.2, -0.15) is 0 Å². The van der Waals surface area contributed by atoms with Crippen molar-refractivity contribution in [3.8, 4) is 0 Å². The molecule has 1 aliphatic rings. The molecule has 0 heterocycles. The molecule has 23 heavy (non-hydrogen) atoms. The van der Waals surface area contributed by atoms with Gasteiger partial charge in [-0.05, 0) is 33.6 Å². The standard InChI is InChI=1S/C14H29N5O3S/c1-5-15-13(17-9-8-16-12(20)11-6-7-11)18-10-14(2,3)19-23(4,21)22/h11,19H,5-10H2,1-4H3,(H,16,20)(H2,15,17,18). The Morgan fingerprint density at radius 3 is 2.30 bits per heavy atom. The van der Waals surface area contributed by atoms with Crippen molar-refractivity contribution in [2.75, 3.05) is 32.4 Å². The number of amides is 1. The molecule has 134 valence electrons. The highest BCUT2D eigenvalue weighted by Gasteiger charge is 2.29. The zero-order valence-electron chi connectivity index (χ0n) is 14.4. The second-order valence-corrected chi connectivity index (χ2v) is 8.19. The predicted molar refractivity (Wildman–Crippen MR) is 91.8 cm³/mol. The summed E-state index contributed by atoms with van der Waals surface area (Å²) < 4.78 is 25.2. The van der Waals surface area contributed by atoms with Gasteiger partial charge in [-0.25, -0.2) is 13.1 Å². The van der Waals surface area contributed by atoms with Crippen LogP contribution in [-0.4, -0.2) is 58.3 Å². The molecule has 0 atom stereocenters. The summed E-state index contributed by atoms with van der Waals surface area (Å²) in [5.41, 5.74) is -0.671. The first-order chi connectivity index (χ1) is 10.6. The molecule has 1 aliphatic carbocycles. The van der Waals surface area contributed by atoms with Crippen molar-refractivity contribution < 1.29 is 13.2 Å². The Balaban J connectivity index is 2.40. The number of hydrogen-bond donors (Lipinski definition) is 4. The Bertz CT molecular complexity index is 527. The van der Waals surface area contributed by atoms with E-state index in [1.165, 1.54) is 0 Å². The number of sulfonamides is 1. The molecule has 4 N–H and O–H groups in total. The first-order valence-corrected chi connectivity index (χ1v) is 9.81. The van der Waals surface area contributed by atoms with Crippen LogP contribution < -0.4 is 20.7 Å². The first kappa shape index (κ1) is 19.7. The number of hydrogen-bond acceptors (Lipinski definition) is 4. The topological polar surface area (TPSA) is 112 Å². The average Bonchev–Trinajstić information content (AvgIpc) is 3.22. The normalized spacial score (nSPS) is 16.1. The Morgan fingerprint density at radius 1 is 1.17 bits per heavy atom. The lowest BCUT2D eigenvalue weighted by atomic mass is 10.1. The maximum absolute atomic E-state index is 11.5. The van der Waals surface area contributed by atoms with E-state index in [1.807, 2.05) is 6.92 Å². The van der Waals surface area contributed by atoms with E-state index in [0.717, 1.165) is 19.1 Å². The highest BCUT2D eigenvalue weighted by molar-refractivity contribution is 7.88. The minimum atomic E-state index is -3.28. The molecular weight excluding hydrogens is 318 g/mol. The van der Waals surface area contributed by atoms with Gasteiger partial charge in [-0.3, -0.25) is 9.79 Å². The lowest BCUT2D eigenvalue weighted by Crippen LogP contribution is -2.47. The Morgan fingerprint density at radius 2 is 1.78 bits per heavy atom. The van der Waals surface area contributed by atoms with Crippen molar-refractivity contribution in [3.63, 3.8) is 0 Å². The maximum Gasteiger partial charge on any atom is 0.223 e. The Labute approximate surface area is 138 Å². The number of rotatable bonds is 9. The highest BCUT2D eigenvalue weighted by Crippen LogP contribution is 2.28. The molecule has 9 heteroatoms. The molecular formula is C14H29N5O3S. The van der Waals surface area contributed by atoms with E-state index in [-0.39, 0.29) is 11.8 Å². The minimum Gasteiger partial charge on any atom is -0.357 e. The zero-order valence-corrected chi connectivity index (χ0v) is 15.2. The van der Waals surface area contributed by atoms with Gasteiger partial charge in [0.25, 0.3) is 0 Å². The van der Waals surface area contributed by atoms with Gasteiger partial charge >= 0.3 is 0 Å². The third-order valence-corrected chi connectivity index (χ3v) is 4.03. The molecule has 0 aromatic heterocycles. The summed E-state index contributed by atoms with van der Waals surface area (Å²) in [5.74, 6) is 0.920. The van der Waals surface area contributed by atoms with Crippen LogP contribution in [0.15, 0.2) is 4.99 Å². The Hall–Kier alpha value is -1.35. The first-order valence-electron chi connectivity index (χ1n) is 7.92.